The maximum absolute atomic E-state index is 12.9. The molecular weight excluding hydrogens is 901 g/mol. The number of carbonyl (C=O) groups is 3. The molecule has 0 aromatic heterocycles. The summed E-state index contributed by atoms with van der Waals surface area (Å²) in [6.45, 7) is 6.49. The lowest BCUT2D eigenvalue weighted by Crippen LogP contribution is -2.30. The van der Waals surface area contributed by atoms with Crippen molar-refractivity contribution in [2.24, 2.45) is 0 Å². The molecule has 0 saturated carbocycles. The number of esters is 3. The quantitative estimate of drug-likeness (QED) is 0.0199. The molecule has 0 spiro atoms. The summed E-state index contributed by atoms with van der Waals surface area (Å²) in [5.74, 6) is -0.918. The van der Waals surface area contributed by atoms with Crippen LogP contribution in [0.2, 0.25) is 0 Å². The van der Waals surface area contributed by atoms with Crippen LogP contribution in [0, 0.1) is 0 Å². The molecule has 0 aliphatic carbocycles. The summed E-state index contributed by atoms with van der Waals surface area (Å²) in [5.41, 5.74) is 0. The van der Waals surface area contributed by atoms with Crippen LogP contribution < -0.4 is 0 Å². The van der Waals surface area contributed by atoms with Crippen LogP contribution in [0.3, 0.4) is 0 Å². The zero-order valence-electron chi connectivity index (χ0n) is 47.9. The Morgan fingerprint density at radius 3 is 0.986 bits per heavy atom. The fraction of sp³-hybridized carbons (Fsp3) is 0.716. The maximum Gasteiger partial charge on any atom is 0.306 e. The molecule has 418 valence electrons. The van der Waals surface area contributed by atoms with Gasteiger partial charge in [0, 0.05) is 19.3 Å². The van der Waals surface area contributed by atoms with Gasteiger partial charge in [-0.1, -0.05) is 285 Å². The van der Waals surface area contributed by atoms with Crippen molar-refractivity contribution < 1.29 is 28.6 Å². The van der Waals surface area contributed by atoms with Crippen molar-refractivity contribution >= 4 is 17.9 Å². The van der Waals surface area contributed by atoms with E-state index in [1.54, 1.807) is 0 Å². The van der Waals surface area contributed by atoms with Crippen LogP contribution in [0.4, 0.5) is 0 Å². The highest BCUT2D eigenvalue weighted by atomic mass is 16.6. The van der Waals surface area contributed by atoms with Gasteiger partial charge in [-0.3, -0.25) is 14.4 Å². The second-order valence-electron chi connectivity index (χ2n) is 20.3. The Labute approximate surface area is 451 Å². The zero-order chi connectivity index (χ0) is 52.9. The first-order valence-electron chi connectivity index (χ1n) is 30.8. The second-order valence-corrected chi connectivity index (χ2v) is 20.3. The second kappa shape index (κ2) is 60.9. The summed E-state index contributed by atoms with van der Waals surface area (Å²) in [5, 5.41) is 0. The highest BCUT2D eigenvalue weighted by Gasteiger charge is 2.19. The van der Waals surface area contributed by atoms with E-state index in [1.807, 2.05) is 0 Å². The largest absolute Gasteiger partial charge is 0.462 e. The highest BCUT2D eigenvalue weighted by Crippen LogP contribution is 2.16. The van der Waals surface area contributed by atoms with Crippen LogP contribution in [-0.2, 0) is 28.6 Å². The molecule has 0 fully saturated rings. The smallest absolute Gasteiger partial charge is 0.306 e. The van der Waals surface area contributed by atoms with Crippen molar-refractivity contribution in [2.45, 2.75) is 297 Å². The van der Waals surface area contributed by atoms with Gasteiger partial charge in [0.2, 0.25) is 0 Å². The number of unbranched alkanes of at least 4 members (excludes halogenated alkanes) is 31. The number of ether oxygens (including phenoxy) is 3. The van der Waals surface area contributed by atoms with Gasteiger partial charge in [0.1, 0.15) is 13.2 Å². The molecule has 0 amide bonds. The summed E-state index contributed by atoms with van der Waals surface area (Å²) >= 11 is 0. The lowest BCUT2D eigenvalue weighted by molar-refractivity contribution is -0.167. The Morgan fingerprint density at radius 1 is 0.301 bits per heavy atom. The number of allylic oxidation sites excluding steroid dienone is 16. The van der Waals surface area contributed by atoms with Crippen molar-refractivity contribution in [2.75, 3.05) is 13.2 Å². The Morgan fingerprint density at radius 2 is 0.589 bits per heavy atom. The maximum atomic E-state index is 12.9. The normalized spacial score (nSPS) is 12.8. The van der Waals surface area contributed by atoms with Crippen molar-refractivity contribution in [3.63, 3.8) is 0 Å². The molecule has 73 heavy (non-hydrogen) atoms. The standard InChI is InChI=1S/C67H114O6/c1-4-7-10-13-16-19-22-25-28-31-34-37-39-42-45-48-51-54-57-60-66(69)72-63-64(73-67(70)61-58-55-52-49-46-43-40-36-33-30-27-24-21-18-15-12-9-6-3)62-71-65(68)59-56-53-50-47-44-41-38-35-32-29-26-23-20-17-14-11-8-5-2/h7,10,16,18-19,21,24-25,27-28,30,33-34,36-37,40,64H,4-6,8-9,11-15,17,20,22-23,26,29,31-32,35,38-39,41-63H2,1-3H3/b10-7-,19-16-,21-18-,27-24-,28-25-,33-30-,37-34-,40-36-. The van der Waals surface area contributed by atoms with Gasteiger partial charge in [-0.2, -0.15) is 0 Å². The van der Waals surface area contributed by atoms with E-state index in [-0.39, 0.29) is 31.1 Å². The SMILES string of the molecule is CC/C=C\C/C=C\C/C=C\C/C=C\CCCCCCCCC(=O)OCC(COC(=O)CCCCCCCCCCCCCCCCCCCC)OC(=O)CCCCCCC\C=C/C=C\C=C/C=C\CCCCC. The molecule has 0 radical (unpaired) electrons. The van der Waals surface area contributed by atoms with Crippen LogP contribution in [0.5, 0.6) is 0 Å². The first-order valence-corrected chi connectivity index (χ1v) is 30.8. The number of rotatable bonds is 55. The molecule has 0 bridgehead atoms. The van der Waals surface area contributed by atoms with E-state index < -0.39 is 6.10 Å². The fourth-order valence-corrected chi connectivity index (χ4v) is 8.56. The van der Waals surface area contributed by atoms with E-state index in [0.29, 0.717) is 19.3 Å². The van der Waals surface area contributed by atoms with Crippen LogP contribution >= 0.6 is 0 Å². The molecule has 0 rings (SSSR count). The van der Waals surface area contributed by atoms with Crippen LogP contribution in [-0.4, -0.2) is 37.2 Å². The van der Waals surface area contributed by atoms with Crippen LogP contribution in [0.25, 0.3) is 0 Å². The van der Waals surface area contributed by atoms with Crippen molar-refractivity contribution in [1.82, 2.24) is 0 Å². The van der Waals surface area contributed by atoms with E-state index in [2.05, 4.69) is 118 Å². The Hall–Kier alpha value is -3.67. The molecule has 0 heterocycles. The van der Waals surface area contributed by atoms with Crippen molar-refractivity contribution in [3.05, 3.63) is 97.2 Å². The molecule has 0 N–H and O–H groups in total. The minimum atomic E-state index is -0.797. The molecule has 1 atom stereocenters. The third-order valence-corrected chi connectivity index (χ3v) is 13.2. The van der Waals surface area contributed by atoms with E-state index in [1.165, 1.54) is 128 Å². The van der Waals surface area contributed by atoms with Crippen molar-refractivity contribution in [3.8, 4) is 0 Å². The molecule has 0 saturated heterocycles. The van der Waals surface area contributed by atoms with Gasteiger partial charge in [0.05, 0.1) is 0 Å². The van der Waals surface area contributed by atoms with Gasteiger partial charge in [-0.25, -0.2) is 0 Å². The van der Waals surface area contributed by atoms with E-state index >= 15 is 0 Å². The monoisotopic (exact) mass is 1010 g/mol. The fourth-order valence-electron chi connectivity index (χ4n) is 8.56. The third-order valence-electron chi connectivity index (χ3n) is 13.2. The van der Waals surface area contributed by atoms with E-state index in [9.17, 15) is 14.4 Å². The lowest BCUT2D eigenvalue weighted by Gasteiger charge is -2.18. The summed E-state index contributed by atoms with van der Waals surface area (Å²) in [6.07, 6.45) is 81.1. The third kappa shape index (κ3) is 59.1. The predicted molar refractivity (Wildman–Crippen MR) is 316 cm³/mol. The Bertz CT molecular complexity index is 1440. The lowest BCUT2D eigenvalue weighted by atomic mass is 10.0. The molecule has 0 aliphatic heterocycles. The van der Waals surface area contributed by atoms with Crippen molar-refractivity contribution in [1.29, 1.82) is 0 Å². The number of hydrogen-bond acceptors (Lipinski definition) is 6. The first-order chi connectivity index (χ1) is 36.0. The average Bonchev–Trinajstić information content (AvgIpc) is 3.39. The first kappa shape index (κ1) is 69.3. The molecule has 0 aromatic rings. The highest BCUT2D eigenvalue weighted by molar-refractivity contribution is 5.71. The van der Waals surface area contributed by atoms with Gasteiger partial charge in [0.25, 0.3) is 0 Å². The molecule has 1 unspecified atom stereocenters. The molecular formula is C67H114O6. The van der Waals surface area contributed by atoms with E-state index in [0.717, 1.165) is 122 Å². The minimum absolute atomic E-state index is 0.0903. The summed E-state index contributed by atoms with van der Waals surface area (Å²) in [4.78, 5) is 38.3. The average molecular weight is 1020 g/mol. The Balaban J connectivity index is 4.45. The number of carbonyl (C=O) groups excluding carboxylic acids is 3. The van der Waals surface area contributed by atoms with Gasteiger partial charge < -0.3 is 14.2 Å². The molecule has 0 aliphatic rings. The Kier molecular flexibility index (Phi) is 57.8. The van der Waals surface area contributed by atoms with Gasteiger partial charge in [-0.15, -0.1) is 0 Å². The zero-order valence-corrected chi connectivity index (χ0v) is 47.9. The van der Waals surface area contributed by atoms with Gasteiger partial charge >= 0.3 is 17.9 Å². The summed E-state index contributed by atoms with van der Waals surface area (Å²) in [7, 11) is 0. The topological polar surface area (TPSA) is 78.9 Å². The van der Waals surface area contributed by atoms with Gasteiger partial charge in [-0.05, 0) is 83.5 Å². The predicted octanol–water partition coefficient (Wildman–Crippen LogP) is 20.9. The van der Waals surface area contributed by atoms with Gasteiger partial charge in [0.15, 0.2) is 6.10 Å². The number of hydrogen-bond donors (Lipinski definition) is 0. The molecule has 6 nitrogen and oxygen atoms in total. The van der Waals surface area contributed by atoms with E-state index in [4.69, 9.17) is 14.2 Å². The van der Waals surface area contributed by atoms with Crippen LogP contribution in [0.15, 0.2) is 97.2 Å². The summed E-state index contributed by atoms with van der Waals surface area (Å²) < 4.78 is 16.9. The summed E-state index contributed by atoms with van der Waals surface area (Å²) in [6, 6.07) is 0. The molecule has 6 heteroatoms. The molecule has 0 aromatic carbocycles. The minimum Gasteiger partial charge on any atom is -0.462 e. The van der Waals surface area contributed by atoms with Crippen LogP contribution in [0.1, 0.15) is 290 Å².